The standard InChI is InChI=1S/C30H42N6O4/c1-19(2)25-18-39-29(38)36(25)26-11-13-31-27(33-26)32-20(3)22-9-7-21(8-10-22)15-34-14-12-23-16-35(24(23)17-34)28(37)40-30(4,5)6/h7-11,13,19-20,23-25H,12,14-18H2,1-6H3,(H,31,32,33)/t20-,23?,24?,25?/m0/s1. The molecule has 0 aliphatic carbocycles. The maximum absolute atomic E-state index is 12.6. The number of carbonyl (C=O) groups is 2. The van der Waals surface area contributed by atoms with Gasteiger partial charge >= 0.3 is 12.2 Å². The second-order valence-corrected chi connectivity index (χ2v) is 12.6. The van der Waals surface area contributed by atoms with E-state index in [1.165, 1.54) is 5.56 Å². The molecule has 10 nitrogen and oxygen atoms in total. The van der Waals surface area contributed by atoms with Crippen LogP contribution in [0.4, 0.5) is 21.4 Å². The first-order valence-electron chi connectivity index (χ1n) is 14.3. The highest BCUT2D eigenvalue weighted by atomic mass is 16.6. The monoisotopic (exact) mass is 550 g/mol. The third-order valence-electron chi connectivity index (χ3n) is 8.06. The molecule has 5 rings (SSSR count). The number of nitrogens with one attached hydrogen (secondary N) is 1. The predicted octanol–water partition coefficient (Wildman–Crippen LogP) is 5.07. The molecule has 0 spiro atoms. The molecule has 4 atom stereocenters. The molecule has 3 aliphatic heterocycles. The first-order chi connectivity index (χ1) is 19.0. The predicted molar refractivity (Wildman–Crippen MR) is 153 cm³/mol. The summed E-state index contributed by atoms with van der Waals surface area (Å²) in [5.41, 5.74) is 1.88. The van der Waals surface area contributed by atoms with E-state index in [1.54, 1.807) is 17.2 Å². The van der Waals surface area contributed by atoms with Crippen molar-refractivity contribution in [3.63, 3.8) is 0 Å². The lowest BCUT2D eigenvalue weighted by atomic mass is 9.82. The molecule has 216 valence electrons. The summed E-state index contributed by atoms with van der Waals surface area (Å²) in [6, 6.07) is 10.5. The van der Waals surface area contributed by atoms with Crippen molar-refractivity contribution in [3.8, 4) is 0 Å². The molecule has 40 heavy (non-hydrogen) atoms. The highest BCUT2D eigenvalue weighted by Gasteiger charge is 2.46. The molecular weight excluding hydrogens is 508 g/mol. The van der Waals surface area contributed by atoms with Crippen LogP contribution in [0.3, 0.4) is 0 Å². The maximum Gasteiger partial charge on any atom is 0.415 e. The molecule has 0 radical (unpaired) electrons. The number of aromatic nitrogens is 2. The number of benzene rings is 1. The fourth-order valence-electron chi connectivity index (χ4n) is 5.73. The van der Waals surface area contributed by atoms with E-state index in [2.05, 4.69) is 65.2 Å². The molecule has 3 unspecified atom stereocenters. The van der Waals surface area contributed by atoms with E-state index in [-0.39, 0.29) is 36.2 Å². The van der Waals surface area contributed by atoms with Crippen LogP contribution in [0.5, 0.6) is 0 Å². The van der Waals surface area contributed by atoms with E-state index in [1.807, 2.05) is 25.7 Å². The van der Waals surface area contributed by atoms with Crippen LogP contribution in [0.1, 0.15) is 65.1 Å². The Bertz CT molecular complexity index is 1210. The Hall–Kier alpha value is -3.40. The van der Waals surface area contributed by atoms with Gasteiger partial charge in [-0.05, 0) is 69.7 Å². The van der Waals surface area contributed by atoms with Gasteiger partial charge in [0, 0.05) is 25.8 Å². The molecular formula is C30H42N6O4. The quantitative estimate of drug-likeness (QED) is 0.510. The van der Waals surface area contributed by atoms with Gasteiger partial charge in [0.05, 0.1) is 18.1 Å². The smallest absolute Gasteiger partial charge is 0.415 e. The number of fused-ring (bicyclic) bond motifs is 1. The van der Waals surface area contributed by atoms with Crippen LogP contribution in [-0.4, -0.2) is 75.9 Å². The number of rotatable bonds is 7. The molecule has 1 aromatic carbocycles. The van der Waals surface area contributed by atoms with Gasteiger partial charge in [-0.1, -0.05) is 38.1 Å². The van der Waals surface area contributed by atoms with Gasteiger partial charge in [-0.3, -0.25) is 9.80 Å². The number of hydrogen-bond donors (Lipinski definition) is 1. The number of ether oxygens (including phenoxy) is 2. The normalized spacial score (nSPS) is 23.9. The number of carbonyl (C=O) groups excluding carboxylic acids is 2. The minimum Gasteiger partial charge on any atom is -0.447 e. The van der Waals surface area contributed by atoms with E-state index in [0.717, 1.165) is 38.2 Å². The van der Waals surface area contributed by atoms with Crippen LogP contribution < -0.4 is 10.2 Å². The molecule has 3 aliphatic rings. The van der Waals surface area contributed by atoms with E-state index >= 15 is 0 Å². The molecule has 4 heterocycles. The minimum absolute atomic E-state index is 0.0242. The fraction of sp³-hybridized carbons (Fsp3) is 0.600. The maximum atomic E-state index is 12.6. The van der Waals surface area contributed by atoms with E-state index < -0.39 is 5.60 Å². The highest BCUT2D eigenvalue weighted by molar-refractivity contribution is 5.89. The van der Waals surface area contributed by atoms with Crippen LogP contribution >= 0.6 is 0 Å². The van der Waals surface area contributed by atoms with Crippen LogP contribution in [0.15, 0.2) is 36.5 Å². The highest BCUT2D eigenvalue weighted by Crippen LogP contribution is 2.34. The Labute approximate surface area is 237 Å². The third-order valence-corrected chi connectivity index (χ3v) is 8.06. The molecule has 3 saturated heterocycles. The largest absolute Gasteiger partial charge is 0.447 e. The van der Waals surface area contributed by atoms with Gasteiger partial charge in [-0.25, -0.2) is 14.6 Å². The Kier molecular flexibility index (Phi) is 7.90. The second kappa shape index (κ2) is 11.2. The number of nitrogens with zero attached hydrogens (tertiary/aromatic N) is 5. The van der Waals surface area contributed by atoms with Gasteiger partial charge in [0.15, 0.2) is 0 Å². The van der Waals surface area contributed by atoms with Crippen LogP contribution in [0.25, 0.3) is 0 Å². The van der Waals surface area contributed by atoms with Crippen molar-refractivity contribution in [1.82, 2.24) is 19.8 Å². The van der Waals surface area contributed by atoms with Crippen LogP contribution in [-0.2, 0) is 16.0 Å². The molecule has 10 heteroatoms. The van der Waals surface area contributed by atoms with E-state index in [9.17, 15) is 9.59 Å². The fourth-order valence-corrected chi connectivity index (χ4v) is 5.73. The zero-order valence-corrected chi connectivity index (χ0v) is 24.5. The topological polar surface area (TPSA) is 100 Å². The summed E-state index contributed by atoms with van der Waals surface area (Å²) in [7, 11) is 0. The summed E-state index contributed by atoms with van der Waals surface area (Å²) in [5.74, 6) is 1.83. The first-order valence-corrected chi connectivity index (χ1v) is 14.3. The Balaban J connectivity index is 1.16. The number of cyclic esters (lactones) is 1. The molecule has 3 fully saturated rings. The summed E-state index contributed by atoms with van der Waals surface area (Å²) in [5, 5.41) is 3.37. The Morgan fingerprint density at radius 3 is 2.60 bits per heavy atom. The Morgan fingerprint density at radius 1 is 1.15 bits per heavy atom. The van der Waals surface area contributed by atoms with E-state index in [0.29, 0.717) is 24.3 Å². The average molecular weight is 551 g/mol. The lowest BCUT2D eigenvalue weighted by Gasteiger charge is -2.53. The number of piperidine rings is 1. The number of likely N-dealkylation sites (tertiary alicyclic amines) is 2. The summed E-state index contributed by atoms with van der Waals surface area (Å²) >= 11 is 0. The lowest BCUT2D eigenvalue weighted by Crippen LogP contribution is -2.66. The molecule has 0 bridgehead atoms. The van der Waals surface area contributed by atoms with Crippen LogP contribution in [0, 0.1) is 11.8 Å². The summed E-state index contributed by atoms with van der Waals surface area (Å²) in [6.07, 6.45) is 2.20. The van der Waals surface area contributed by atoms with Gasteiger partial charge in [0.2, 0.25) is 5.95 Å². The van der Waals surface area contributed by atoms with Crippen molar-refractivity contribution in [3.05, 3.63) is 47.7 Å². The van der Waals surface area contributed by atoms with Crippen molar-refractivity contribution < 1.29 is 19.1 Å². The lowest BCUT2D eigenvalue weighted by molar-refractivity contribution is -0.0601. The molecule has 2 aromatic rings. The summed E-state index contributed by atoms with van der Waals surface area (Å²) in [6.45, 7) is 15.9. The van der Waals surface area contributed by atoms with Gasteiger partial charge in [-0.15, -0.1) is 0 Å². The molecule has 0 saturated carbocycles. The van der Waals surface area contributed by atoms with Gasteiger partial charge < -0.3 is 19.7 Å². The van der Waals surface area contributed by atoms with Crippen molar-refractivity contribution in [2.24, 2.45) is 11.8 Å². The Morgan fingerprint density at radius 2 is 1.90 bits per heavy atom. The molecule has 1 N–H and O–H groups in total. The van der Waals surface area contributed by atoms with Crippen LogP contribution in [0.2, 0.25) is 0 Å². The van der Waals surface area contributed by atoms with Gasteiger partial charge in [0.1, 0.15) is 18.0 Å². The second-order valence-electron chi connectivity index (χ2n) is 12.6. The zero-order chi connectivity index (χ0) is 28.6. The number of amides is 2. The average Bonchev–Trinajstić information content (AvgIpc) is 3.27. The molecule has 1 aromatic heterocycles. The van der Waals surface area contributed by atoms with E-state index in [4.69, 9.17) is 9.47 Å². The molecule has 2 amide bonds. The van der Waals surface area contributed by atoms with Crippen molar-refractivity contribution >= 4 is 24.0 Å². The van der Waals surface area contributed by atoms with Gasteiger partial charge in [-0.2, -0.15) is 4.98 Å². The third kappa shape index (κ3) is 6.16. The van der Waals surface area contributed by atoms with Crippen molar-refractivity contribution in [2.45, 2.75) is 78.2 Å². The zero-order valence-electron chi connectivity index (χ0n) is 24.5. The van der Waals surface area contributed by atoms with Gasteiger partial charge in [0.25, 0.3) is 0 Å². The van der Waals surface area contributed by atoms with Crippen molar-refractivity contribution in [2.75, 3.05) is 36.5 Å². The summed E-state index contributed by atoms with van der Waals surface area (Å²) < 4.78 is 10.9. The van der Waals surface area contributed by atoms with Crippen molar-refractivity contribution in [1.29, 1.82) is 0 Å². The minimum atomic E-state index is -0.474. The number of hydrogen-bond acceptors (Lipinski definition) is 8. The first kappa shape index (κ1) is 28.1. The SMILES string of the molecule is CC(C)C1COC(=O)N1c1ccnc(N[C@@H](C)c2ccc(CN3CCC4CN(C(=O)OC(C)(C)C)C4C3)cc2)n1. The number of anilines is 2. The summed E-state index contributed by atoms with van der Waals surface area (Å²) in [4.78, 5) is 39.9.